The minimum atomic E-state index is 0.184. The van der Waals surface area contributed by atoms with Crippen LogP contribution in [0, 0.1) is 0 Å². The number of nitrogens with one attached hydrogen (secondary N) is 2. The summed E-state index contributed by atoms with van der Waals surface area (Å²) in [6, 6.07) is 0. The fourth-order valence-corrected chi connectivity index (χ4v) is 0.829. The molecule has 0 saturated heterocycles. The molecular weight excluding hydrogens is 168 g/mol. The molecule has 0 unspecified atom stereocenters. The van der Waals surface area contributed by atoms with Crippen LogP contribution in [-0.4, -0.2) is 44.6 Å². The summed E-state index contributed by atoms with van der Waals surface area (Å²) in [6.07, 6.45) is 2.68. The van der Waals surface area contributed by atoms with Crippen LogP contribution >= 0.6 is 0 Å². The van der Waals surface area contributed by atoms with Crippen molar-refractivity contribution in [1.82, 2.24) is 10.6 Å². The summed E-state index contributed by atoms with van der Waals surface area (Å²) in [6.45, 7) is 7.55. The zero-order valence-electron chi connectivity index (χ0n) is 8.09. The van der Waals surface area contributed by atoms with E-state index >= 15 is 0 Å². The summed E-state index contributed by atoms with van der Waals surface area (Å²) in [5.74, 6) is 0. The molecule has 0 fully saturated rings. The maximum Gasteiger partial charge on any atom is 0.0590 e. The van der Waals surface area contributed by atoms with Crippen LogP contribution in [0.4, 0.5) is 0 Å². The first-order valence-electron chi connectivity index (χ1n) is 4.65. The highest BCUT2D eigenvalue weighted by atomic mass is 16.5. The molecule has 0 aromatic carbocycles. The Labute approximate surface area is 80.0 Å². The van der Waals surface area contributed by atoms with Gasteiger partial charge in [-0.05, 0) is 12.6 Å². The third-order valence-corrected chi connectivity index (χ3v) is 1.47. The van der Waals surface area contributed by atoms with Crippen LogP contribution in [0.15, 0.2) is 12.8 Å². The van der Waals surface area contributed by atoms with Crippen molar-refractivity contribution in [3.63, 3.8) is 0 Å². The highest BCUT2D eigenvalue weighted by molar-refractivity contribution is 4.61. The average molecular weight is 188 g/mol. The first-order valence-corrected chi connectivity index (χ1v) is 4.65. The summed E-state index contributed by atoms with van der Waals surface area (Å²) in [4.78, 5) is 0. The van der Waals surface area contributed by atoms with Gasteiger partial charge in [0.2, 0.25) is 0 Å². The summed E-state index contributed by atoms with van der Waals surface area (Å²) < 4.78 is 5.31. The van der Waals surface area contributed by atoms with Crippen LogP contribution in [0.5, 0.6) is 0 Å². The molecule has 0 spiro atoms. The minimum absolute atomic E-state index is 0.184. The van der Waals surface area contributed by atoms with E-state index in [0.29, 0.717) is 13.2 Å². The molecule has 0 aliphatic rings. The lowest BCUT2D eigenvalue weighted by Crippen LogP contribution is -2.23. The molecule has 4 heteroatoms. The molecule has 0 aromatic heterocycles. The molecule has 0 heterocycles. The smallest absolute Gasteiger partial charge is 0.0590 e. The Bertz CT molecular complexity index is 110. The predicted molar refractivity (Wildman–Crippen MR) is 53.6 cm³/mol. The molecule has 0 aromatic rings. The van der Waals surface area contributed by atoms with E-state index in [4.69, 9.17) is 9.84 Å². The molecular formula is C9H20N2O2. The summed E-state index contributed by atoms with van der Waals surface area (Å²) in [5, 5.41) is 14.5. The van der Waals surface area contributed by atoms with Crippen LogP contribution in [0.25, 0.3) is 0 Å². The van der Waals surface area contributed by atoms with Gasteiger partial charge in [0.1, 0.15) is 0 Å². The Morgan fingerprint density at radius 2 is 2.08 bits per heavy atom. The van der Waals surface area contributed by atoms with E-state index in [1.54, 1.807) is 6.20 Å². The molecule has 0 atom stereocenters. The second-order valence-electron chi connectivity index (χ2n) is 2.60. The van der Waals surface area contributed by atoms with Crippen LogP contribution in [0.3, 0.4) is 0 Å². The standard InChI is InChI=1S/C9H20N2O2/c1-2-10-4-3-8-13-9-6-11-5-7-12/h2,10-12H,1,3-9H2. The summed E-state index contributed by atoms with van der Waals surface area (Å²) in [5.41, 5.74) is 0. The maximum atomic E-state index is 8.45. The Morgan fingerprint density at radius 3 is 2.77 bits per heavy atom. The third kappa shape index (κ3) is 11.4. The second-order valence-corrected chi connectivity index (χ2v) is 2.60. The van der Waals surface area contributed by atoms with Gasteiger partial charge in [-0.25, -0.2) is 0 Å². The zero-order valence-corrected chi connectivity index (χ0v) is 8.09. The monoisotopic (exact) mass is 188 g/mol. The summed E-state index contributed by atoms with van der Waals surface area (Å²) in [7, 11) is 0. The SMILES string of the molecule is C=CNCCCOCCNCCO. The molecule has 0 aliphatic heterocycles. The molecule has 0 rings (SSSR count). The van der Waals surface area contributed by atoms with Crippen LogP contribution < -0.4 is 10.6 Å². The fourth-order valence-electron chi connectivity index (χ4n) is 0.829. The van der Waals surface area contributed by atoms with Crippen molar-refractivity contribution in [2.75, 3.05) is 39.5 Å². The molecule has 78 valence electrons. The number of hydrogen-bond donors (Lipinski definition) is 3. The molecule has 0 amide bonds. The lowest BCUT2D eigenvalue weighted by atomic mass is 10.4. The first-order chi connectivity index (χ1) is 6.41. The van der Waals surface area contributed by atoms with Gasteiger partial charge in [-0.1, -0.05) is 6.58 Å². The van der Waals surface area contributed by atoms with Crippen molar-refractivity contribution in [3.8, 4) is 0 Å². The summed E-state index contributed by atoms with van der Waals surface area (Å²) >= 11 is 0. The van der Waals surface area contributed by atoms with Gasteiger partial charge in [-0.15, -0.1) is 0 Å². The maximum absolute atomic E-state index is 8.45. The van der Waals surface area contributed by atoms with E-state index < -0.39 is 0 Å². The van der Waals surface area contributed by atoms with Gasteiger partial charge in [-0.2, -0.15) is 0 Å². The normalized spacial score (nSPS) is 9.92. The second kappa shape index (κ2) is 11.4. The minimum Gasteiger partial charge on any atom is -0.395 e. The predicted octanol–water partition coefficient (Wildman–Crippen LogP) is -0.292. The third-order valence-electron chi connectivity index (χ3n) is 1.47. The van der Waals surface area contributed by atoms with Crippen molar-refractivity contribution >= 4 is 0 Å². The van der Waals surface area contributed by atoms with Gasteiger partial charge < -0.3 is 20.5 Å². The first kappa shape index (κ1) is 12.4. The van der Waals surface area contributed by atoms with Gasteiger partial charge in [0.15, 0.2) is 0 Å². The van der Waals surface area contributed by atoms with Crippen LogP contribution in [0.2, 0.25) is 0 Å². The molecule has 13 heavy (non-hydrogen) atoms. The van der Waals surface area contributed by atoms with Gasteiger partial charge in [0, 0.05) is 26.2 Å². The lowest BCUT2D eigenvalue weighted by molar-refractivity contribution is 0.133. The number of aliphatic hydroxyl groups is 1. The van der Waals surface area contributed by atoms with Crippen LogP contribution in [0.1, 0.15) is 6.42 Å². The Morgan fingerprint density at radius 1 is 1.23 bits per heavy atom. The average Bonchev–Trinajstić information content (AvgIpc) is 2.16. The molecule has 0 radical (unpaired) electrons. The van der Waals surface area contributed by atoms with E-state index in [2.05, 4.69) is 17.2 Å². The highest BCUT2D eigenvalue weighted by Crippen LogP contribution is 1.79. The number of hydrogen-bond acceptors (Lipinski definition) is 4. The van der Waals surface area contributed by atoms with Crippen molar-refractivity contribution in [1.29, 1.82) is 0 Å². The Hall–Kier alpha value is -0.580. The van der Waals surface area contributed by atoms with E-state index in [1.165, 1.54) is 0 Å². The topological polar surface area (TPSA) is 53.5 Å². The van der Waals surface area contributed by atoms with Crippen molar-refractivity contribution < 1.29 is 9.84 Å². The van der Waals surface area contributed by atoms with Crippen molar-refractivity contribution in [2.45, 2.75) is 6.42 Å². The Balaban J connectivity index is 2.79. The quantitative estimate of drug-likeness (QED) is 0.412. The van der Waals surface area contributed by atoms with Gasteiger partial charge in [0.05, 0.1) is 13.2 Å². The van der Waals surface area contributed by atoms with Gasteiger partial charge >= 0.3 is 0 Å². The fraction of sp³-hybridized carbons (Fsp3) is 0.778. The van der Waals surface area contributed by atoms with Gasteiger partial charge in [0.25, 0.3) is 0 Å². The Kier molecular flexibility index (Phi) is 10.9. The molecule has 4 nitrogen and oxygen atoms in total. The van der Waals surface area contributed by atoms with Crippen LogP contribution in [-0.2, 0) is 4.74 Å². The molecule has 3 N–H and O–H groups in total. The highest BCUT2D eigenvalue weighted by Gasteiger charge is 1.88. The zero-order chi connectivity index (χ0) is 9.78. The molecule has 0 aliphatic carbocycles. The van der Waals surface area contributed by atoms with E-state index in [0.717, 1.165) is 26.1 Å². The number of rotatable bonds is 10. The van der Waals surface area contributed by atoms with E-state index in [9.17, 15) is 0 Å². The number of aliphatic hydroxyl groups excluding tert-OH is 1. The van der Waals surface area contributed by atoms with Crippen molar-refractivity contribution in [3.05, 3.63) is 12.8 Å². The van der Waals surface area contributed by atoms with Crippen molar-refractivity contribution in [2.24, 2.45) is 0 Å². The number of ether oxygens (including phenoxy) is 1. The molecule has 0 saturated carbocycles. The largest absolute Gasteiger partial charge is 0.395 e. The van der Waals surface area contributed by atoms with E-state index in [1.807, 2.05) is 0 Å². The van der Waals surface area contributed by atoms with E-state index in [-0.39, 0.29) is 6.61 Å². The van der Waals surface area contributed by atoms with Gasteiger partial charge in [-0.3, -0.25) is 0 Å². The lowest BCUT2D eigenvalue weighted by Gasteiger charge is -2.04. The molecule has 0 bridgehead atoms.